The van der Waals surface area contributed by atoms with Crippen molar-refractivity contribution in [1.29, 1.82) is 0 Å². The Morgan fingerprint density at radius 3 is 2.00 bits per heavy atom. The highest BCUT2D eigenvalue weighted by Gasteiger charge is 2.31. The van der Waals surface area contributed by atoms with E-state index in [-0.39, 0.29) is 0 Å². The fourth-order valence-corrected chi connectivity index (χ4v) is 2.25. The molecule has 1 heterocycles. The molecule has 16 heavy (non-hydrogen) atoms. The summed E-state index contributed by atoms with van der Waals surface area (Å²) >= 11 is 3.37. The zero-order valence-electron chi connectivity index (χ0n) is 9.27. The van der Waals surface area contributed by atoms with E-state index in [0.717, 1.165) is 37.8 Å². The maximum absolute atomic E-state index is 12.1. The molecule has 0 spiro atoms. The van der Waals surface area contributed by atoms with Gasteiger partial charge in [0.25, 0.3) is 0 Å². The van der Waals surface area contributed by atoms with Crippen LogP contribution in [-0.4, -0.2) is 60.6 Å². The highest BCUT2D eigenvalue weighted by molar-refractivity contribution is 9.09. The third-order valence-electron chi connectivity index (χ3n) is 2.73. The number of rotatable bonds is 5. The van der Waals surface area contributed by atoms with Crippen LogP contribution >= 0.6 is 15.9 Å². The van der Waals surface area contributed by atoms with Gasteiger partial charge in [0.2, 0.25) is 0 Å². The molecule has 0 atom stereocenters. The van der Waals surface area contributed by atoms with Crippen LogP contribution in [0.4, 0.5) is 13.2 Å². The molecular formula is C10H18BrF3N2. The van der Waals surface area contributed by atoms with Gasteiger partial charge in [-0.1, -0.05) is 15.9 Å². The summed E-state index contributed by atoms with van der Waals surface area (Å²) in [6.07, 6.45) is -1.81. The normalized spacial score (nSPS) is 20.2. The fourth-order valence-electron chi connectivity index (χ4n) is 1.85. The van der Waals surface area contributed by atoms with Gasteiger partial charge in [-0.25, -0.2) is 0 Å². The van der Waals surface area contributed by atoms with Crippen LogP contribution in [0.5, 0.6) is 0 Å². The Morgan fingerprint density at radius 2 is 1.50 bits per heavy atom. The van der Waals surface area contributed by atoms with E-state index in [1.54, 1.807) is 0 Å². The van der Waals surface area contributed by atoms with Gasteiger partial charge in [-0.05, 0) is 19.4 Å². The summed E-state index contributed by atoms with van der Waals surface area (Å²) in [5, 5.41) is 1.00. The van der Waals surface area contributed by atoms with Crippen LogP contribution in [0.3, 0.4) is 0 Å². The molecule has 0 aliphatic carbocycles. The lowest BCUT2D eigenvalue weighted by molar-refractivity contribution is -0.149. The largest absolute Gasteiger partial charge is 0.401 e. The molecule has 0 aromatic heterocycles. The average molecular weight is 303 g/mol. The zero-order chi connectivity index (χ0) is 12.0. The zero-order valence-corrected chi connectivity index (χ0v) is 10.9. The summed E-state index contributed by atoms with van der Waals surface area (Å²) < 4.78 is 36.4. The molecule has 0 unspecified atom stereocenters. The van der Waals surface area contributed by atoms with Crippen molar-refractivity contribution in [3.05, 3.63) is 0 Å². The van der Waals surface area contributed by atoms with Crippen molar-refractivity contribution >= 4 is 15.9 Å². The Kier molecular flexibility index (Phi) is 6.07. The molecule has 1 saturated heterocycles. The van der Waals surface area contributed by atoms with Crippen LogP contribution in [0, 0.1) is 0 Å². The van der Waals surface area contributed by atoms with E-state index in [0.29, 0.717) is 13.1 Å². The van der Waals surface area contributed by atoms with E-state index in [1.165, 1.54) is 4.90 Å². The minimum absolute atomic E-state index is 0.536. The van der Waals surface area contributed by atoms with Crippen LogP contribution in [0.25, 0.3) is 0 Å². The monoisotopic (exact) mass is 302 g/mol. The van der Waals surface area contributed by atoms with E-state index >= 15 is 0 Å². The molecule has 1 aliphatic heterocycles. The highest BCUT2D eigenvalue weighted by Crippen LogP contribution is 2.17. The Bertz CT molecular complexity index is 191. The van der Waals surface area contributed by atoms with E-state index in [1.807, 2.05) is 0 Å². The fraction of sp³-hybridized carbons (Fsp3) is 1.00. The van der Waals surface area contributed by atoms with Gasteiger partial charge in [-0.3, -0.25) is 4.90 Å². The summed E-state index contributed by atoms with van der Waals surface area (Å²) in [5.41, 5.74) is 0. The second-order valence-corrected chi connectivity index (χ2v) is 4.92. The van der Waals surface area contributed by atoms with Crippen LogP contribution in [-0.2, 0) is 0 Å². The third-order valence-corrected chi connectivity index (χ3v) is 3.29. The topological polar surface area (TPSA) is 6.48 Å². The lowest BCUT2D eigenvalue weighted by atomic mass is 10.2. The van der Waals surface area contributed by atoms with Crippen LogP contribution in [0.1, 0.15) is 12.8 Å². The summed E-state index contributed by atoms with van der Waals surface area (Å²) in [4.78, 5) is 3.73. The first-order chi connectivity index (χ1) is 7.51. The Labute approximate surface area is 103 Å². The molecule has 96 valence electrons. The number of unbranched alkanes of at least 4 members (excludes halogenated alkanes) is 1. The molecule has 1 aliphatic rings. The summed E-state index contributed by atoms with van der Waals surface area (Å²) in [7, 11) is 0. The Morgan fingerprint density at radius 1 is 0.938 bits per heavy atom. The highest BCUT2D eigenvalue weighted by atomic mass is 79.9. The number of piperazine rings is 1. The first-order valence-electron chi connectivity index (χ1n) is 5.59. The van der Waals surface area contributed by atoms with Gasteiger partial charge >= 0.3 is 6.18 Å². The number of hydrogen-bond donors (Lipinski definition) is 0. The number of nitrogens with zero attached hydrogens (tertiary/aromatic N) is 2. The maximum atomic E-state index is 12.1. The van der Waals surface area contributed by atoms with E-state index < -0.39 is 12.7 Å². The van der Waals surface area contributed by atoms with Gasteiger partial charge in [0.1, 0.15) is 0 Å². The van der Waals surface area contributed by atoms with Crippen LogP contribution in [0.15, 0.2) is 0 Å². The summed E-state index contributed by atoms with van der Waals surface area (Å²) in [6.45, 7) is 2.84. The average Bonchev–Trinajstić information content (AvgIpc) is 2.19. The quantitative estimate of drug-likeness (QED) is 0.568. The second kappa shape index (κ2) is 6.81. The predicted molar refractivity (Wildman–Crippen MR) is 62.0 cm³/mol. The molecule has 6 heteroatoms. The van der Waals surface area contributed by atoms with Crippen molar-refractivity contribution < 1.29 is 13.2 Å². The first kappa shape index (κ1) is 14.3. The minimum atomic E-state index is -4.06. The number of alkyl halides is 4. The third kappa shape index (κ3) is 6.06. The van der Waals surface area contributed by atoms with E-state index in [2.05, 4.69) is 20.8 Å². The minimum Gasteiger partial charge on any atom is -0.301 e. The molecule has 0 aromatic rings. The molecule has 0 aromatic carbocycles. The lowest BCUT2D eigenvalue weighted by Gasteiger charge is -2.34. The van der Waals surface area contributed by atoms with E-state index in [4.69, 9.17) is 0 Å². The van der Waals surface area contributed by atoms with Crippen LogP contribution in [0.2, 0.25) is 0 Å². The summed E-state index contributed by atoms with van der Waals surface area (Å²) in [6, 6.07) is 0. The lowest BCUT2D eigenvalue weighted by Crippen LogP contribution is -2.49. The smallest absolute Gasteiger partial charge is 0.301 e. The molecular weight excluding hydrogens is 285 g/mol. The van der Waals surface area contributed by atoms with Crippen molar-refractivity contribution in [3.63, 3.8) is 0 Å². The van der Waals surface area contributed by atoms with Gasteiger partial charge in [0.05, 0.1) is 6.54 Å². The van der Waals surface area contributed by atoms with Gasteiger partial charge in [-0.15, -0.1) is 0 Å². The molecule has 0 saturated carbocycles. The van der Waals surface area contributed by atoms with Gasteiger partial charge in [-0.2, -0.15) is 13.2 Å². The van der Waals surface area contributed by atoms with E-state index in [9.17, 15) is 13.2 Å². The molecule has 0 N–H and O–H groups in total. The van der Waals surface area contributed by atoms with Gasteiger partial charge in [0, 0.05) is 31.5 Å². The standard InChI is InChI=1S/C10H18BrF3N2/c11-3-1-2-4-15-5-7-16(8-6-15)9-10(12,13)14/h1-9H2. The van der Waals surface area contributed by atoms with Crippen LogP contribution < -0.4 is 0 Å². The Hall–Kier alpha value is 0.190. The molecule has 1 rings (SSSR count). The second-order valence-electron chi connectivity index (χ2n) is 4.13. The number of hydrogen-bond acceptors (Lipinski definition) is 2. The van der Waals surface area contributed by atoms with Gasteiger partial charge in [0.15, 0.2) is 0 Å². The molecule has 0 amide bonds. The molecule has 1 fully saturated rings. The van der Waals surface area contributed by atoms with Gasteiger partial charge < -0.3 is 4.90 Å². The Balaban J connectivity index is 2.13. The SMILES string of the molecule is FC(F)(F)CN1CCN(CCCCBr)CC1. The number of halogens is 4. The molecule has 2 nitrogen and oxygen atoms in total. The van der Waals surface area contributed by atoms with Crippen molar-refractivity contribution in [2.75, 3.05) is 44.6 Å². The van der Waals surface area contributed by atoms with Crippen molar-refractivity contribution in [2.45, 2.75) is 19.0 Å². The first-order valence-corrected chi connectivity index (χ1v) is 6.71. The summed E-state index contributed by atoms with van der Waals surface area (Å²) in [5.74, 6) is 0. The molecule has 0 bridgehead atoms. The van der Waals surface area contributed by atoms with Crippen molar-refractivity contribution in [2.24, 2.45) is 0 Å². The predicted octanol–water partition coefficient (Wildman–Crippen LogP) is 2.34. The van der Waals surface area contributed by atoms with Crippen molar-refractivity contribution in [3.8, 4) is 0 Å². The molecule has 0 radical (unpaired) electrons. The van der Waals surface area contributed by atoms with Crippen molar-refractivity contribution in [1.82, 2.24) is 9.80 Å². The maximum Gasteiger partial charge on any atom is 0.401 e.